The summed E-state index contributed by atoms with van der Waals surface area (Å²) in [4.78, 5) is 18.3. The zero-order chi connectivity index (χ0) is 15.4. The quantitative estimate of drug-likeness (QED) is 0.942. The number of hydrogen-bond acceptors (Lipinski definition) is 4. The Kier molecular flexibility index (Phi) is 4.34. The maximum Gasteiger partial charge on any atom is 0.255 e. The van der Waals surface area contributed by atoms with Crippen molar-refractivity contribution in [1.82, 2.24) is 4.98 Å². The molecule has 0 bridgehead atoms. The molecule has 1 fully saturated rings. The first kappa shape index (κ1) is 14.5. The zero-order valence-electron chi connectivity index (χ0n) is 12.5. The molecule has 0 spiro atoms. The second-order valence-electron chi connectivity index (χ2n) is 5.33. The fourth-order valence-corrected chi connectivity index (χ4v) is 2.62. The number of nitrogens with one attached hydrogen (secondary N) is 1. The minimum atomic E-state index is -0.129. The summed E-state index contributed by atoms with van der Waals surface area (Å²) in [6.07, 6.45) is 4.58. The van der Waals surface area contributed by atoms with Gasteiger partial charge >= 0.3 is 0 Å². The van der Waals surface area contributed by atoms with Crippen molar-refractivity contribution in [2.24, 2.45) is 0 Å². The van der Waals surface area contributed by atoms with Crippen molar-refractivity contribution < 1.29 is 9.53 Å². The normalized spacial score (nSPS) is 17.5. The average molecular weight is 297 g/mol. The predicted molar refractivity (Wildman–Crippen MR) is 86.3 cm³/mol. The summed E-state index contributed by atoms with van der Waals surface area (Å²) in [6, 6.07) is 11.3. The number of anilines is 2. The van der Waals surface area contributed by atoms with Gasteiger partial charge in [-0.3, -0.25) is 9.78 Å². The van der Waals surface area contributed by atoms with Gasteiger partial charge in [-0.2, -0.15) is 0 Å². The van der Waals surface area contributed by atoms with Crippen LogP contribution in [0.4, 0.5) is 11.4 Å². The van der Waals surface area contributed by atoms with Crippen LogP contribution in [0.25, 0.3) is 0 Å². The molecule has 114 valence electrons. The highest BCUT2D eigenvalue weighted by molar-refractivity contribution is 6.04. The van der Waals surface area contributed by atoms with Gasteiger partial charge in [-0.25, -0.2) is 0 Å². The minimum Gasteiger partial charge on any atom is -0.380 e. The molecule has 3 rings (SSSR count). The monoisotopic (exact) mass is 297 g/mol. The number of methoxy groups -OCH3 is 1. The lowest BCUT2D eigenvalue weighted by molar-refractivity contribution is 0.102. The Balaban J connectivity index is 1.64. The molecule has 0 aliphatic carbocycles. The van der Waals surface area contributed by atoms with Crippen LogP contribution in [-0.2, 0) is 4.74 Å². The van der Waals surface area contributed by atoms with Gasteiger partial charge in [0.2, 0.25) is 0 Å². The Morgan fingerprint density at radius 2 is 1.95 bits per heavy atom. The van der Waals surface area contributed by atoms with E-state index >= 15 is 0 Å². The van der Waals surface area contributed by atoms with Gasteiger partial charge in [0.1, 0.15) is 0 Å². The molecular formula is C17H19N3O2. The summed E-state index contributed by atoms with van der Waals surface area (Å²) < 4.78 is 5.38. The first-order chi connectivity index (χ1) is 10.8. The molecule has 1 amide bonds. The van der Waals surface area contributed by atoms with Gasteiger partial charge in [0.25, 0.3) is 5.91 Å². The Hall–Kier alpha value is -2.40. The standard InChI is InChI=1S/C17H19N3O2/c1-22-16-8-11-20(12-16)15-4-2-14(3-5-15)19-17(21)13-6-9-18-10-7-13/h2-7,9-10,16H,8,11-12H2,1H3,(H,19,21)/t16-/m1/s1. The first-order valence-corrected chi connectivity index (χ1v) is 7.35. The number of rotatable bonds is 4. The molecule has 1 atom stereocenters. The molecule has 1 N–H and O–H groups in total. The molecule has 5 heteroatoms. The Bertz CT molecular complexity index is 628. The third-order valence-corrected chi connectivity index (χ3v) is 3.91. The number of nitrogens with zero attached hydrogens (tertiary/aromatic N) is 2. The van der Waals surface area contributed by atoms with E-state index in [-0.39, 0.29) is 5.91 Å². The number of carbonyl (C=O) groups excluding carboxylic acids is 1. The smallest absolute Gasteiger partial charge is 0.255 e. The summed E-state index contributed by atoms with van der Waals surface area (Å²) in [5, 5.41) is 2.89. The summed E-state index contributed by atoms with van der Waals surface area (Å²) in [5.74, 6) is -0.129. The van der Waals surface area contributed by atoms with E-state index in [4.69, 9.17) is 4.74 Å². The van der Waals surface area contributed by atoms with E-state index in [1.54, 1.807) is 31.6 Å². The van der Waals surface area contributed by atoms with Crippen molar-refractivity contribution >= 4 is 17.3 Å². The molecule has 1 aromatic carbocycles. The van der Waals surface area contributed by atoms with Crippen LogP contribution in [0.3, 0.4) is 0 Å². The highest BCUT2D eigenvalue weighted by atomic mass is 16.5. The van der Waals surface area contributed by atoms with E-state index in [0.29, 0.717) is 11.7 Å². The lowest BCUT2D eigenvalue weighted by Gasteiger charge is -2.18. The van der Waals surface area contributed by atoms with Gasteiger partial charge in [-0.05, 0) is 42.8 Å². The molecule has 2 aromatic rings. The molecular weight excluding hydrogens is 278 g/mol. The number of carbonyl (C=O) groups is 1. The van der Waals surface area contributed by atoms with Crippen molar-refractivity contribution in [2.45, 2.75) is 12.5 Å². The number of benzene rings is 1. The third kappa shape index (κ3) is 3.26. The summed E-state index contributed by atoms with van der Waals surface area (Å²) in [6.45, 7) is 1.92. The molecule has 5 nitrogen and oxygen atoms in total. The number of aromatic nitrogens is 1. The lowest BCUT2D eigenvalue weighted by atomic mass is 10.2. The largest absolute Gasteiger partial charge is 0.380 e. The van der Waals surface area contributed by atoms with E-state index in [2.05, 4.69) is 15.2 Å². The van der Waals surface area contributed by atoms with Crippen molar-refractivity contribution in [3.63, 3.8) is 0 Å². The van der Waals surface area contributed by atoms with Crippen LogP contribution >= 0.6 is 0 Å². The molecule has 22 heavy (non-hydrogen) atoms. The number of pyridine rings is 1. The molecule has 1 aromatic heterocycles. The number of ether oxygens (including phenoxy) is 1. The van der Waals surface area contributed by atoms with E-state index in [0.717, 1.165) is 30.9 Å². The van der Waals surface area contributed by atoms with Gasteiger partial charge in [-0.15, -0.1) is 0 Å². The maximum atomic E-state index is 12.1. The molecule has 2 heterocycles. The molecule has 0 saturated carbocycles. The van der Waals surface area contributed by atoms with Crippen LogP contribution in [0.15, 0.2) is 48.8 Å². The molecule has 0 unspecified atom stereocenters. The van der Waals surface area contributed by atoms with Crippen molar-refractivity contribution in [1.29, 1.82) is 0 Å². The van der Waals surface area contributed by atoms with E-state index in [9.17, 15) is 4.79 Å². The topological polar surface area (TPSA) is 54.5 Å². The summed E-state index contributed by atoms with van der Waals surface area (Å²) >= 11 is 0. The van der Waals surface area contributed by atoms with Crippen LogP contribution in [0.2, 0.25) is 0 Å². The zero-order valence-corrected chi connectivity index (χ0v) is 12.5. The molecule has 0 radical (unpaired) electrons. The number of hydrogen-bond donors (Lipinski definition) is 1. The third-order valence-electron chi connectivity index (χ3n) is 3.91. The highest BCUT2D eigenvalue weighted by Gasteiger charge is 2.22. The average Bonchev–Trinajstić information content (AvgIpc) is 3.05. The van der Waals surface area contributed by atoms with Gasteiger partial charge in [-0.1, -0.05) is 0 Å². The first-order valence-electron chi connectivity index (χ1n) is 7.35. The molecule has 1 aliphatic heterocycles. The van der Waals surface area contributed by atoms with Gasteiger partial charge in [0.15, 0.2) is 0 Å². The Morgan fingerprint density at radius 3 is 2.59 bits per heavy atom. The summed E-state index contributed by atoms with van der Waals surface area (Å²) in [7, 11) is 1.76. The van der Waals surface area contributed by atoms with Crippen molar-refractivity contribution in [2.75, 3.05) is 30.4 Å². The second kappa shape index (κ2) is 6.58. The fourth-order valence-electron chi connectivity index (χ4n) is 2.62. The minimum absolute atomic E-state index is 0.129. The van der Waals surface area contributed by atoms with Crippen LogP contribution < -0.4 is 10.2 Å². The van der Waals surface area contributed by atoms with Gasteiger partial charge < -0.3 is 15.0 Å². The predicted octanol–water partition coefficient (Wildman–Crippen LogP) is 2.56. The van der Waals surface area contributed by atoms with Crippen LogP contribution in [0.5, 0.6) is 0 Å². The van der Waals surface area contributed by atoms with E-state index in [1.165, 1.54) is 0 Å². The Morgan fingerprint density at radius 1 is 1.23 bits per heavy atom. The fraction of sp³-hybridized carbons (Fsp3) is 0.294. The molecule has 1 aliphatic rings. The SMILES string of the molecule is CO[C@@H]1CCN(c2ccc(NC(=O)c3ccncc3)cc2)C1. The highest BCUT2D eigenvalue weighted by Crippen LogP contribution is 2.23. The van der Waals surface area contributed by atoms with Gasteiger partial charge in [0, 0.05) is 49.5 Å². The van der Waals surface area contributed by atoms with Crippen LogP contribution in [-0.4, -0.2) is 37.2 Å². The number of amides is 1. The van der Waals surface area contributed by atoms with Crippen molar-refractivity contribution in [3.8, 4) is 0 Å². The van der Waals surface area contributed by atoms with Gasteiger partial charge in [0.05, 0.1) is 6.10 Å². The molecule has 1 saturated heterocycles. The maximum absolute atomic E-state index is 12.1. The van der Waals surface area contributed by atoms with E-state index < -0.39 is 0 Å². The van der Waals surface area contributed by atoms with E-state index in [1.807, 2.05) is 24.3 Å². The summed E-state index contributed by atoms with van der Waals surface area (Å²) in [5.41, 5.74) is 2.54. The van der Waals surface area contributed by atoms with Crippen LogP contribution in [0.1, 0.15) is 16.8 Å². The Labute approximate surface area is 129 Å². The van der Waals surface area contributed by atoms with Crippen LogP contribution in [0, 0.1) is 0 Å². The second-order valence-corrected chi connectivity index (χ2v) is 5.33. The van der Waals surface area contributed by atoms with Crippen molar-refractivity contribution in [3.05, 3.63) is 54.4 Å². The lowest BCUT2D eigenvalue weighted by Crippen LogP contribution is -2.22.